The molecule has 17 heavy (non-hydrogen) atoms. The topological polar surface area (TPSA) is 71.8 Å². The van der Waals surface area contributed by atoms with Gasteiger partial charge in [-0.1, -0.05) is 13.8 Å². The van der Waals surface area contributed by atoms with Crippen LogP contribution >= 0.6 is 0 Å². The lowest BCUT2D eigenvalue weighted by molar-refractivity contribution is 0.314. The Kier molecular flexibility index (Phi) is 6.57. The molecular weight excluding hydrogens is 212 g/mol. The van der Waals surface area contributed by atoms with Gasteiger partial charge in [0.05, 0.1) is 0 Å². The first-order valence-corrected chi connectivity index (χ1v) is 6.22. The zero-order chi connectivity index (χ0) is 13.6. The smallest absolute Gasteiger partial charge is 0.0416 e. The Balaban J connectivity index is 4.03. The average molecular weight is 240 g/mol. The number of hydrogen-bond acceptors (Lipinski definition) is 4. The van der Waals surface area contributed by atoms with Crippen molar-refractivity contribution in [3.05, 3.63) is 0 Å². The van der Waals surface area contributed by atoms with E-state index in [-0.39, 0.29) is 17.5 Å². The second-order valence-corrected chi connectivity index (χ2v) is 5.74. The summed E-state index contributed by atoms with van der Waals surface area (Å²) in [5.74, 6) is 0. The average Bonchev–Trinajstić information content (AvgIpc) is 2.22. The Bertz CT molecular complexity index is 245. The van der Waals surface area contributed by atoms with E-state index in [9.17, 15) is 0 Å². The van der Waals surface area contributed by atoms with E-state index < -0.39 is 0 Å². The quantitative estimate of drug-likeness (QED) is 0.490. The Hall–Kier alpha value is -0.740. The number of rotatable bonds is 8. The van der Waals surface area contributed by atoms with E-state index in [4.69, 9.17) is 10.8 Å². The van der Waals surface area contributed by atoms with Gasteiger partial charge < -0.3 is 21.5 Å². The standard InChI is InChI=1S/C13H28N4/c1-9(14)11(3)16-7-13(5,6)8-17-12(4)10(2)15/h11-12,14-17H,7-8H2,1-6H3/t11-,12-/m1/s1. The van der Waals surface area contributed by atoms with Crippen molar-refractivity contribution >= 4 is 11.4 Å². The summed E-state index contributed by atoms with van der Waals surface area (Å²) < 4.78 is 0. The van der Waals surface area contributed by atoms with Gasteiger partial charge in [0.1, 0.15) is 0 Å². The van der Waals surface area contributed by atoms with Gasteiger partial charge in [-0.05, 0) is 33.1 Å². The molecule has 0 heterocycles. The first-order chi connectivity index (χ1) is 7.65. The summed E-state index contributed by atoms with van der Waals surface area (Å²) in [6, 6.07) is 0.271. The van der Waals surface area contributed by atoms with E-state index in [1.165, 1.54) is 0 Å². The van der Waals surface area contributed by atoms with Gasteiger partial charge in [0.25, 0.3) is 0 Å². The fourth-order valence-electron chi connectivity index (χ4n) is 1.23. The Morgan fingerprint density at radius 3 is 1.47 bits per heavy atom. The van der Waals surface area contributed by atoms with E-state index in [2.05, 4.69) is 24.5 Å². The van der Waals surface area contributed by atoms with E-state index in [0.717, 1.165) is 13.1 Å². The summed E-state index contributed by atoms with van der Waals surface area (Å²) in [5, 5.41) is 21.8. The predicted molar refractivity (Wildman–Crippen MR) is 75.5 cm³/mol. The van der Waals surface area contributed by atoms with Gasteiger partial charge >= 0.3 is 0 Å². The number of nitrogens with one attached hydrogen (secondary N) is 4. The third-order valence-electron chi connectivity index (χ3n) is 3.07. The molecule has 0 bridgehead atoms. The minimum Gasteiger partial charge on any atom is -0.309 e. The van der Waals surface area contributed by atoms with Crippen LogP contribution in [0.2, 0.25) is 0 Å². The molecule has 0 aromatic rings. The van der Waals surface area contributed by atoms with Crippen molar-refractivity contribution < 1.29 is 0 Å². The molecule has 2 atom stereocenters. The molecule has 0 aromatic heterocycles. The normalized spacial score (nSPS) is 15.4. The van der Waals surface area contributed by atoms with Crippen molar-refractivity contribution in [2.45, 2.75) is 53.6 Å². The third-order valence-corrected chi connectivity index (χ3v) is 3.07. The summed E-state index contributed by atoms with van der Waals surface area (Å²) in [4.78, 5) is 0. The van der Waals surface area contributed by atoms with Gasteiger partial charge in [-0.2, -0.15) is 0 Å². The molecule has 0 aromatic carbocycles. The van der Waals surface area contributed by atoms with Crippen molar-refractivity contribution in [3.63, 3.8) is 0 Å². The first-order valence-electron chi connectivity index (χ1n) is 6.22. The van der Waals surface area contributed by atoms with E-state index in [1.54, 1.807) is 0 Å². The van der Waals surface area contributed by atoms with E-state index in [1.807, 2.05) is 27.7 Å². The monoisotopic (exact) mass is 240 g/mol. The highest BCUT2D eigenvalue weighted by Gasteiger charge is 2.20. The molecule has 0 aliphatic rings. The summed E-state index contributed by atoms with van der Waals surface area (Å²) in [6.07, 6.45) is 0. The van der Waals surface area contributed by atoms with Gasteiger partial charge in [-0.15, -0.1) is 0 Å². The molecule has 0 saturated carbocycles. The van der Waals surface area contributed by atoms with E-state index >= 15 is 0 Å². The van der Waals surface area contributed by atoms with Crippen LogP contribution in [0.25, 0.3) is 0 Å². The lowest BCUT2D eigenvalue weighted by atomic mass is 9.92. The fourth-order valence-corrected chi connectivity index (χ4v) is 1.23. The maximum atomic E-state index is 7.53. The van der Waals surface area contributed by atoms with Crippen LogP contribution in [-0.2, 0) is 0 Å². The molecule has 0 spiro atoms. The summed E-state index contributed by atoms with van der Waals surface area (Å²) >= 11 is 0. The van der Waals surface area contributed by atoms with Crippen LogP contribution in [0.5, 0.6) is 0 Å². The molecule has 0 radical (unpaired) electrons. The zero-order valence-electron chi connectivity index (χ0n) is 12.1. The van der Waals surface area contributed by atoms with Crippen LogP contribution in [0.3, 0.4) is 0 Å². The molecule has 4 N–H and O–H groups in total. The van der Waals surface area contributed by atoms with E-state index in [0.29, 0.717) is 11.4 Å². The van der Waals surface area contributed by atoms with Crippen LogP contribution in [0.15, 0.2) is 0 Å². The lowest BCUT2D eigenvalue weighted by Crippen LogP contribution is -2.45. The van der Waals surface area contributed by atoms with Crippen molar-refractivity contribution in [1.29, 1.82) is 10.8 Å². The highest BCUT2D eigenvalue weighted by Crippen LogP contribution is 2.12. The zero-order valence-corrected chi connectivity index (χ0v) is 12.1. The summed E-state index contributed by atoms with van der Waals surface area (Å²) in [6.45, 7) is 13.8. The highest BCUT2D eigenvalue weighted by atomic mass is 15.0. The fraction of sp³-hybridized carbons (Fsp3) is 0.846. The van der Waals surface area contributed by atoms with Crippen LogP contribution in [-0.4, -0.2) is 36.6 Å². The Morgan fingerprint density at radius 2 is 1.24 bits per heavy atom. The molecule has 0 rings (SSSR count). The molecule has 4 nitrogen and oxygen atoms in total. The van der Waals surface area contributed by atoms with Gasteiger partial charge in [0.15, 0.2) is 0 Å². The van der Waals surface area contributed by atoms with Crippen molar-refractivity contribution in [2.75, 3.05) is 13.1 Å². The third kappa shape index (κ3) is 7.23. The molecular formula is C13H28N4. The molecule has 0 aliphatic heterocycles. The maximum absolute atomic E-state index is 7.53. The second kappa shape index (κ2) is 6.87. The van der Waals surface area contributed by atoms with Crippen LogP contribution in [0.1, 0.15) is 41.5 Å². The van der Waals surface area contributed by atoms with Crippen LogP contribution < -0.4 is 10.6 Å². The summed E-state index contributed by atoms with van der Waals surface area (Å²) in [5.41, 5.74) is 1.45. The molecule has 0 aliphatic carbocycles. The Morgan fingerprint density at radius 1 is 0.941 bits per heavy atom. The van der Waals surface area contributed by atoms with Gasteiger partial charge in [-0.25, -0.2) is 0 Å². The van der Waals surface area contributed by atoms with Crippen molar-refractivity contribution in [2.24, 2.45) is 5.41 Å². The van der Waals surface area contributed by atoms with Crippen molar-refractivity contribution in [1.82, 2.24) is 10.6 Å². The minimum absolute atomic E-state index is 0.118. The second-order valence-electron chi connectivity index (χ2n) is 5.74. The summed E-state index contributed by atoms with van der Waals surface area (Å²) in [7, 11) is 0. The predicted octanol–water partition coefficient (Wildman–Crippen LogP) is 2.05. The minimum atomic E-state index is 0.118. The molecule has 100 valence electrons. The van der Waals surface area contributed by atoms with Gasteiger partial charge in [0.2, 0.25) is 0 Å². The number of hydrogen-bond donors (Lipinski definition) is 4. The van der Waals surface area contributed by atoms with Crippen LogP contribution in [0, 0.1) is 16.2 Å². The first kappa shape index (κ1) is 16.3. The highest BCUT2D eigenvalue weighted by molar-refractivity contribution is 5.84. The molecule has 0 amide bonds. The van der Waals surface area contributed by atoms with Crippen LogP contribution in [0.4, 0.5) is 0 Å². The SMILES string of the molecule is CC(=N)[C@@H](C)NCC(C)(C)CN[C@H](C)C(C)=N. The molecule has 0 fully saturated rings. The molecule has 0 unspecified atom stereocenters. The maximum Gasteiger partial charge on any atom is 0.0416 e. The molecule has 4 heteroatoms. The molecule has 0 saturated heterocycles. The lowest BCUT2D eigenvalue weighted by Gasteiger charge is -2.29. The van der Waals surface area contributed by atoms with Gasteiger partial charge in [-0.3, -0.25) is 0 Å². The van der Waals surface area contributed by atoms with Crippen molar-refractivity contribution in [3.8, 4) is 0 Å². The largest absolute Gasteiger partial charge is 0.309 e. The Labute approximate surface area is 106 Å². The van der Waals surface area contributed by atoms with Gasteiger partial charge in [0, 0.05) is 36.6 Å².